The van der Waals surface area contributed by atoms with E-state index in [4.69, 9.17) is 0 Å². The standard InChI is InChI=1S/C26H23F3N4O2S/c1-25(2,3)17-7-9-18(10-8-17)36(34,35)33-15-16-6-13-22(26(27,28)29)32-24(16)31-21-12-11-20-19(23(21)33)5-4-14-30-20/h4-14H,15H2,1-3H3,(H,31,32). The summed E-state index contributed by atoms with van der Waals surface area (Å²) in [5.74, 6) is -0.0462. The Morgan fingerprint density at radius 3 is 2.33 bits per heavy atom. The zero-order valence-corrected chi connectivity index (χ0v) is 20.6. The molecule has 0 atom stereocenters. The SMILES string of the molecule is CC(C)(C)c1ccc(S(=O)(=O)N2Cc3ccc(C(F)(F)F)nc3Nc3ccc4ncccc4c32)cc1. The average molecular weight is 513 g/mol. The number of sulfonamides is 1. The molecule has 1 aliphatic heterocycles. The summed E-state index contributed by atoms with van der Waals surface area (Å²) < 4.78 is 69.3. The first kappa shape index (κ1) is 24.1. The van der Waals surface area contributed by atoms with Gasteiger partial charge in [0.15, 0.2) is 0 Å². The van der Waals surface area contributed by atoms with Gasteiger partial charge in [0.2, 0.25) is 0 Å². The number of alkyl halides is 3. The fourth-order valence-corrected chi connectivity index (χ4v) is 5.69. The molecule has 36 heavy (non-hydrogen) atoms. The second-order valence-electron chi connectivity index (χ2n) is 9.64. The number of fused-ring (bicyclic) bond motifs is 4. The van der Waals surface area contributed by atoms with E-state index >= 15 is 0 Å². The van der Waals surface area contributed by atoms with Crippen molar-refractivity contribution in [2.75, 3.05) is 9.62 Å². The zero-order valence-electron chi connectivity index (χ0n) is 19.8. The van der Waals surface area contributed by atoms with Gasteiger partial charge >= 0.3 is 6.18 Å². The third-order valence-electron chi connectivity index (χ3n) is 6.15. The third kappa shape index (κ3) is 4.15. The van der Waals surface area contributed by atoms with Crippen molar-refractivity contribution in [3.63, 3.8) is 0 Å². The molecule has 3 heterocycles. The van der Waals surface area contributed by atoms with E-state index in [1.807, 2.05) is 20.8 Å². The van der Waals surface area contributed by atoms with E-state index in [0.29, 0.717) is 27.8 Å². The minimum Gasteiger partial charge on any atom is -0.338 e. The van der Waals surface area contributed by atoms with Gasteiger partial charge < -0.3 is 5.32 Å². The van der Waals surface area contributed by atoms with Crippen molar-refractivity contribution in [3.8, 4) is 0 Å². The number of anilines is 3. The number of halogens is 3. The Balaban J connectivity index is 1.72. The predicted octanol–water partition coefficient (Wildman–Crippen LogP) is 6.40. The van der Waals surface area contributed by atoms with E-state index in [1.165, 1.54) is 10.4 Å². The van der Waals surface area contributed by atoms with Crippen molar-refractivity contribution in [2.24, 2.45) is 0 Å². The largest absolute Gasteiger partial charge is 0.433 e. The molecule has 0 saturated carbocycles. The Bertz CT molecular complexity index is 1580. The highest BCUT2D eigenvalue weighted by Gasteiger charge is 2.36. The van der Waals surface area contributed by atoms with Crippen LogP contribution in [0.4, 0.5) is 30.4 Å². The molecule has 1 N–H and O–H groups in total. The van der Waals surface area contributed by atoms with Crippen molar-refractivity contribution in [1.29, 1.82) is 0 Å². The minimum atomic E-state index is -4.64. The lowest BCUT2D eigenvalue weighted by atomic mass is 9.87. The third-order valence-corrected chi connectivity index (χ3v) is 7.91. The molecule has 0 unspecified atom stereocenters. The highest BCUT2D eigenvalue weighted by Crippen LogP contribution is 2.43. The second kappa shape index (κ2) is 8.19. The van der Waals surface area contributed by atoms with Crippen LogP contribution >= 0.6 is 0 Å². The van der Waals surface area contributed by atoms with Crippen molar-refractivity contribution < 1.29 is 21.6 Å². The molecule has 6 nitrogen and oxygen atoms in total. The molecule has 0 bridgehead atoms. The number of hydrogen-bond acceptors (Lipinski definition) is 5. The van der Waals surface area contributed by atoms with Crippen LogP contribution in [0.5, 0.6) is 0 Å². The quantitative estimate of drug-likeness (QED) is 0.336. The van der Waals surface area contributed by atoms with E-state index in [-0.39, 0.29) is 22.7 Å². The van der Waals surface area contributed by atoms with Crippen molar-refractivity contribution in [2.45, 2.75) is 43.8 Å². The molecule has 5 rings (SSSR count). The molecule has 186 valence electrons. The lowest BCUT2D eigenvalue weighted by Crippen LogP contribution is -2.30. The molecule has 4 aromatic rings. The molecule has 0 amide bonds. The Morgan fingerprint density at radius 2 is 1.67 bits per heavy atom. The number of rotatable bonds is 2. The Labute approximate surface area is 206 Å². The summed E-state index contributed by atoms with van der Waals surface area (Å²) in [6.07, 6.45) is -3.05. The van der Waals surface area contributed by atoms with Crippen LogP contribution in [0.15, 0.2) is 71.8 Å². The topological polar surface area (TPSA) is 75.2 Å². The van der Waals surface area contributed by atoms with Gasteiger partial charge in [-0.3, -0.25) is 9.29 Å². The predicted molar refractivity (Wildman–Crippen MR) is 133 cm³/mol. The fourth-order valence-electron chi connectivity index (χ4n) is 4.21. The summed E-state index contributed by atoms with van der Waals surface area (Å²) >= 11 is 0. The van der Waals surface area contributed by atoms with Gasteiger partial charge in [0.05, 0.1) is 28.3 Å². The average Bonchev–Trinajstić information content (AvgIpc) is 3.00. The Kier molecular flexibility index (Phi) is 5.47. The van der Waals surface area contributed by atoms with E-state index in [9.17, 15) is 21.6 Å². The molecule has 0 aliphatic carbocycles. The van der Waals surface area contributed by atoms with Gasteiger partial charge in [-0.25, -0.2) is 13.4 Å². The number of hydrogen-bond donors (Lipinski definition) is 1. The number of nitrogens with one attached hydrogen (secondary N) is 1. The molecule has 0 saturated heterocycles. The minimum absolute atomic E-state index is 0.0462. The second-order valence-corrected chi connectivity index (χ2v) is 11.5. The van der Waals surface area contributed by atoms with Crippen LogP contribution in [-0.4, -0.2) is 18.4 Å². The maximum absolute atomic E-state index is 14.0. The van der Waals surface area contributed by atoms with E-state index in [1.54, 1.807) is 54.7 Å². The van der Waals surface area contributed by atoms with Crippen LogP contribution in [0.3, 0.4) is 0 Å². The summed E-state index contributed by atoms with van der Waals surface area (Å²) in [6.45, 7) is 5.89. The van der Waals surface area contributed by atoms with E-state index in [2.05, 4.69) is 15.3 Å². The smallest absolute Gasteiger partial charge is 0.338 e. The molecule has 1 aliphatic rings. The molecule has 0 spiro atoms. The van der Waals surface area contributed by atoms with Crippen LogP contribution in [0.1, 0.15) is 37.6 Å². The maximum Gasteiger partial charge on any atom is 0.433 e. The number of pyridine rings is 2. The summed E-state index contributed by atoms with van der Waals surface area (Å²) in [6, 6.07) is 15.5. The van der Waals surface area contributed by atoms with Crippen LogP contribution in [0, 0.1) is 0 Å². The molecule has 10 heteroatoms. The molecular weight excluding hydrogens is 489 g/mol. The monoisotopic (exact) mass is 512 g/mol. The van der Waals surface area contributed by atoms with Crippen LogP contribution in [0.25, 0.3) is 10.9 Å². The van der Waals surface area contributed by atoms with E-state index in [0.717, 1.165) is 11.6 Å². The number of benzene rings is 2. The molecule has 0 radical (unpaired) electrons. The van der Waals surface area contributed by atoms with Gasteiger partial charge in [0.25, 0.3) is 10.0 Å². The van der Waals surface area contributed by atoms with Crippen molar-refractivity contribution in [1.82, 2.24) is 9.97 Å². The first-order valence-corrected chi connectivity index (χ1v) is 12.6. The van der Waals surface area contributed by atoms with Gasteiger partial charge in [0.1, 0.15) is 11.5 Å². The molecule has 2 aromatic carbocycles. The van der Waals surface area contributed by atoms with E-state index < -0.39 is 21.9 Å². The molecule has 0 fully saturated rings. The van der Waals surface area contributed by atoms with Gasteiger partial charge in [-0.1, -0.05) is 39.0 Å². The summed E-state index contributed by atoms with van der Waals surface area (Å²) in [5.41, 5.74) is 1.23. The van der Waals surface area contributed by atoms with Crippen molar-refractivity contribution >= 4 is 38.1 Å². The summed E-state index contributed by atoms with van der Waals surface area (Å²) in [4.78, 5) is 8.18. The van der Waals surface area contributed by atoms with Gasteiger partial charge in [-0.15, -0.1) is 0 Å². The number of nitrogens with zero attached hydrogens (tertiary/aromatic N) is 3. The van der Waals surface area contributed by atoms with Gasteiger partial charge in [-0.2, -0.15) is 13.2 Å². The normalized spacial score (nSPS) is 14.1. The first-order valence-electron chi connectivity index (χ1n) is 11.2. The first-order chi connectivity index (χ1) is 16.9. The van der Waals surface area contributed by atoms with Crippen molar-refractivity contribution in [3.05, 3.63) is 83.7 Å². The lowest BCUT2D eigenvalue weighted by molar-refractivity contribution is -0.141. The van der Waals surface area contributed by atoms with Crippen LogP contribution < -0.4 is 9.62 Å². The lowest BCUT2D eigenvalue weighted by Gasteiger charge is -2.26. The summed E-state index contributed by atoms with van der Waals surface area (Å²) in [7, 11) is -4.12. The number of aromatic nitrogens is 2. The summed E-state index contributed by atoms with van der Waals surface area (Å²) in [5, 5.41) is 3.49. The van der Waals surface area contributed by atoms with Crippen LogP contribution in [0.2, 0.25) is 0 Å². The molecule has 2 aromatic heterocycles. The maximum atomic E-state index is 14.0. The Morgan fingerprint density at radius 1 is 0.944 bits per heavy atom. The zero-order chi connectivity index (χ0) is 25.9. The van der Waals surface area contributed by atoms with Crippen LogP contribution in [-0.2, 0) is 28.2 Å². The highest BCUT2D eigenvalue weighted by atomic mass is 32.2. The van der Waals surface area contributed by atoms with Gasteiger partial charge in [0, 0.05) is 17.1 Å². The highest BCUT2D eigenvalue weighted by molar-refractivity contribution is 7.92. The van der Waals surface area contributed by atoms with Gasteiger partial charge in [-0.05, 0) is 53.4 Å². The molecular formula is C26H23F3N4O2S. The Hall–Kier alpha value is -3.66. The fraction of sp³-hybridized carbons (Fsp3) is 0.231.